The normalized spacial score (nSPS) is 42.7. The Labute approximate surface area is 74.5 Å². The van der Waals surface area contributed by atoms with Gasteiger partial charge in [0.15, 0.2) is 0 Å². The summed E-state index contributed by atoms with van der Waals surface area (Å²) in [6.45, 7) is 1.94. The fraction of sp³-hybridized carbons (Fsp3) is 0.818. The first-order valence-corrected chi connectivity index (χ1v) is 5.10. The molecule has 1 fully saturated rings. The minimum atomic E-state index is -0.0956. The molecule has 1 nitrogen and oxygen atoms in total. The van der Waals surface area contributed by atoms with Gasteiger partial charge in [-0.3, -0.25) is 0 Å². The molecule has 0 aromatic heterocycles. The second kappa shape index (κ2) is 3.21. The van der Waals surface area contributed by atoms with Crippen molar-refractivity contribution < 1.29 is 5.11 Å². The Balaban J connectivity index is 2.03. The Morgan fingerprint density at radius 3 is 2.83 bits per heavy atom. The van der Waals surface area contributed by atoms with Gasteiger partial charge < -0.3 is 5.11 Å². The molecule has 0 aliphatic heterocycles. The number of fused-ring (bicyclic) bond motifs is 2. The van der Waals surface area contributed by atoms with E-state index in [2.05, 4.69) is 12.2 Å². The Hall–Kier alpha value is -0.300. The van der Waals surface area contributed by atoms with Crippen molar-refractivity contribution in [2.75, 3.05) is 0 Å². The number of rotatable bonds is 1. The lowest BCUT2D eigenvalue weighted by molar-refractivity contribution is 0.0681. The highest BCUT2D eigenvalue weighted by molar-refractivity contribution is 5.00. The van der Waals surface area contributed by atoms with Crippen molar-refractivity contribution in [1.29, 1.82) is 0 Å². The van der Waals surface area contributed by atoms with Gasteiger partial charge in [0.05, 0.1) is 6.10 Å². The third-order valence-corrected chi connectivity index (χ3v) is 3.44. The lowest BCUT2D eigenvalue weighted by Crippen LogP contribution is -2.30. The summed E-state index contributed by atoms with van der Waals surface area (Å²) in [6.07, 6.45) is 9.67. The van der Waals surface area contributed by atoms with Crippen LogP contribution < -0.4 is 0 Å². The van der Waals surface area contributed by atoms with Gasteiger partial charge in [-0.1, -0.05) is 12.2 Å². The van der Waals surface area contributed by atoms with Gasteiger partial charge in [-0.15, -0.1) is 0 Å². The molecule has 0 radical (unpaired) electrons. The topological polar surface area (TPSA) is 20.2 Å². The second-order valence-electron chi connectivity index (χ2n) is 4.50. The van der Waals surface area contributed by atoms with E-state index in [4.69, 9.17) is 0 Å². The quantitative estimate of drug-likeness (QED) is 0.593. The van der Waals surface area contributed by atoms with E-state index >= 15 is 0 Å². The highest BCUT2D eigenvalue weighted by atomic mass is 16.3. The molecule has 0 spiro atoms. The summed E-state index contributed by atoms with van der Waals surface area (Å²) in [6, 6.07) is 0. The number of aliphatic hydroxyl groups excluding tert-OH is 1. The van der Waals surface area contributed by atoms with Crippen LogP contribution in [0.15, 0.2) is 12.2 Å². The van der Waals surface area contributed by atoms with Crippen LogP contribution in [0.1, 0.15) is 32.6 Å². The highest BCUT2D eigenvalue weighted by Crippen LogP contribution is 2.40. The van der Waals surface area contributed by atoms with Crippen LogP contribution in [0.5, 0.6) is 0 Å². The monoisotopic (exact) mass is 166 g/mol. The lowest BCUT2D eigenvalue weighted by atomic mass is 9.70. The van der Waals surface area contributed by atoms with Crippen LogP contribution in [0, 0.1) is 17.8 Å². The van der Waals surface area contributed by atoms with Crippen molar-refractivity contribution in [3.8, 4) is 0 Å². The zero-order valence-electron chi connectivity index (χ0n) is 7.74. The third kappa shape index (κ3) is 1.56. The zero-order chi connectivity index (χ0) is 8.55. The molecule has 0 aromatic rings. The van der Waals surface area contributed by atoms with Crippen LogP contribution in [0.25, 0.3) is 0 Å². The first-order valence-electron chi connectivity index (χ1n) is 5.10. The summed E-state index contributed by atoms with van der Waals surface area (Å²) in [5.41, 5.74) is 0. The molecular formula is C11H18O. The average Bonchev–Trinajstić information content (AvgIpc) is 2.03. The van der Waals surface area contributed by atoms with Crippen molar-refractivity contribution in [3.05, 3.63) is 12.2 Å². The van der Waals surface area contributed by atoms with Gasteiger partial charge in [0.2, 0.25) is 0 Å². The predicted molar refractivity (Wildman–Crippen MR) is 49.8 cm³/mol. The zero-order valence-corrected chi connectivity index (χ0v) is 7.74. The molecule has 1 heteroatoms. The fourth-order valence-electron chi connectivity index (χ4n) is 2.74. The summed E-state index contributed by atoms with van der Waals surface area (Å²) >= 11 is 0. The number of aliphatic hydroxyl groups is 1. The largest absolute Gasteiger partial charge is 0.393 e. The predicted octanol–water partition coefficient (Wildman–Crippen LogP) is 2.36. The molecule has 12 heavy (non-hydrogen) atoms. The van der Waals surface area contributed by atoms with E-state index in [1.807, 2.05) is 6.92 Å². The van der Waals surface area contributed by atoms with Gasteiger partial charge in [-0.25, -0.2) is 0 Å². The Bertz CT molecular complexity index is 183. The minimum absolute atomic E-state index is 0.0956. The van der Waals surface area contributed by atoms with Crippen LogP contribution in [-0.4, -0.2) is 11.2 Å². The molecule has 2 rings (SSSR count). The molecule has 2 aliphatic carbocycles. The maximum absolute atomic E-state index is 9.51. The number of hydrogen-bond acceptors (Lipinski definition) is 1. The maximum Gasteiger partial charge on any atom is 0.0540 e. The average molecular weight is 166 g/mol. The van der Waals surface area contributed by atoms with Crippen molar-refractivity contribution >= 4 is 0 Å². The third-order valence-electron chi connectivity index (χ3n) is 3.44. The summed E-state index contributed by atoms with van der Waals surface area (Å²) in [4.78, 5) is 0. The van der Waals surface area contributed by atoms with E-state index in [-0.39, 0.29) is 6.10 Å². The molecular weight excluding hydrogens is 148 g/mol. The van der Waals surface area contributed by atoms with Crippen molar-refractivity contribution in [2.24, 2.45) is 17.8 Å². The summed E-state index contributed by atoms with van der Waals surface area (Å²) in [5, 5.41) is 9.51. The van der Waals surface area contributed by atoms with Gasteiger partial charge in [-0.2, -0.15) is 0 Å². The summed E-state index contributed by atoms with van der Waals surface area (Å²) in [5.74, 6) is 2.21. The Morgan fingerprint density at radius 2 is 2.17 bits per heavy atom. The Morgan fingerprint density at radius 1 is 1.33 bits per heavy atom. The molecule has 4 unspecified atom stereocenters. The SMILES string of the molecule is CC(O)C1CC2C=CCC(C2)C1. The van der Waals surface area contributed by atoms with Crippen LogP contribution in [-0.2, 0) is 0 Å². The van der Waals surface area contributed by atoms with Gasteiger partial charge >= 0.3 is 0 Å². The molecule has 2 aliphatic rings. The van der Waals surface area contributed by atoms with Crippen LogP contribution in [0.2, 0.25) is 0 Å². The number of hydrogen-bond donors (Lipinski definition) is 1. The van der Waals surface area contributed by atoms with Crippen LogP contribution in [0.3, 0.4) is 0 Å². The number of allylic oxidation sites excluding steroid dienone is 2. The molecule has 68 valence electrons. The molecule has 0 heterocycles. The molecule has 2 bridgehead atoms. The van der Waals surface area contributed by atoms with E-state index in [1.165, 1.54) is 25.7 Å². The van der Waals surface area contributed by atoms with E-state index in [0.29, 0.717) is 5.92 Å². The van der Waals surface area contributed by atoms with E-state index in [9.17, 15) is 5.11 Å². The molecule has 0 amide bonds. The van der Waals surface area contributed by atoms with Gasteiger partial charge in [0.1, 0.15) is 0 Å². The standard InChI is InChI=1S/C11H18O/c1-8(12)11-6-9-3-2-4-10(5-9)7-11/h2-3,8-12H,4-7H2,1H3. The van der Waals surface area contributed by atoms with Crippen molar-refractivity contribution in [2.45, 2.75) is 38.7 Å². The van der Waals surface area contributed by atoms with Crippen LogP contribution in [0.4, 0.5) is 0 Å². The first-order chi connectivity index (χ1) is 5.75. The van der Waals surface area contributed by atoms with E-state index in [0.717, 1.165) is 11.8 Å². The van der Waals surface area contributed by atoms with E-state index < -0.39 is 0 Å². The van der Waals surface area contributed by atoms with Gasteiger partial charge in [0, 0.05) is 0 Å². The summed E-state index contributed by atoms with van der Waals surface area (Å²) < 4.78 is 0. The van der Waals surface area contributed by atoms with Crippen molar-refractivity contribution in [3.63, 3.8) is 0 Å². The molecule has 0 aromatic carbocycles. The summed E-state index contributed by atoms with van der Waals surface area (Å²) in [7, 11) is 0. The maximum atomic E-state index is 9.51. The van der Waals surface area contributed by atoms with Gasteiger partial charge in [-0.05, 0) is 50.4 Å². The van der Waals surface area contributed by atoms with Crippen LogP contribution >= 0.6 is 0 Å². The molecule has 4 atom stereocenters. The Kier molecular flexibility index (Phi) is 2.22. The second-order valence-corrected chi connectivity index (χ2v) is 4.50. The lowest BCUT2D eigenvalue weighted by Gasteiger charge is -2.37. The molecule has 0 saturated heterocycles. The highest BCUT2D eigenvalue weighted by Gasteiger charge is 2.31. The van der Waals surface area contributed by atoms with Gasteiger partial charge in [0.25, 0.3) is 0 Å². The first kappa shape index (κ1) is 8.31. The molecule has 1 saturated carbocycles. The van der Waals surface area contributed by atoms with E-state index in [1.54, 1.807) is 0 Å². The molecule has 1 N–H and O–H groups in total. The minimum Gasteiger partial charge on any atom is -0.393 e. The van der Waals surface area contributed by atoms with Crippen molar-refractivity contribution in [1.82, 2.24) is 0 Å². The fourth-order valence-corrected chi connectivity index (χ4v) is 2.74. The smallest absolute Gasteiger partial charge is 0.0540 e.